The maximum Gasteiger partial charge on any atom is 0.339 e. The first-order valence-electron chi connectivity index (χ1n) is 5.03. The number of aryl methyl sites for hydroxylation is 1. The van der Waals surface area contributed by atoms with Crippen LogP contribution in [0.15, 0.2) is 18.6 Å². The SMILES string of the molecule is Cn1cnnc1CNc1ncc(F)cc1C(=O)O. The van der Waals surface area contributed by atoms with Crippen LogP contribution in [0.2, 0.25) is 0 Å². The zero-order chi connectivity index (χ0) is 13.1. The molecule has 0 fully saturated rings. The topological polar surface area (TPSA) is 92.9 Å². The van der Waals surface area contributed by atoms with Crippen LogP contribution in [0, 0.1) is 5.82 Å². The van der Waals surface area contributed by atoms with Gasteiger partial charge in [-0.2, -0.15) is 0 Å². The summed E-state index contributed by atoms with van der Waals surface area (Å²) in [5.41, 5.74) is -0.225. The minimum atomic E-state index is -1.25. The third kappa shape index (κ3) is 2.42. The Morgan fingerprint density at radius 2 is 2.39 bits per heavy atom. The van der Waals surface area contributed by atoms with Gasteiger partial charge in [0, 0.05) is 7.05 Å². The predicted molar refractivity (Wildman–Crippen MR) is 59.5 cm³/mol. The van der Waals surface area contributed by atoms with Gasteiger partial charge < -0.3 is 15.0 Å². The van der Waals surface area contributed by atoms with Crippen molar-refractivity contribution in [3.8, 4) is 0 Å². The Balaban J connectivity index is 2.19. The molecular weight excluding hydrogens is 241 g/mol. The molecule has 0 radical (unpaired) electrons. The highest BCUT2D eigenvalue weighted by molar-refractivity contribution is 5.92. The number of pyridine rings is 1. The fraction of sp³-hybridized carbons (Fsp3) is 0.200. The molecule has 0 aromatic carbocycles. The Hall–Kier alpha value is -2.51. The molecule has 2 heterocycles. The molecule has 7 nitrogen and oxygen atoms in total. The van der Waals surface area contributed by atoms with Gasteiger partial charge in [-0.05, 0) is 6.07 Å². The van der Waals surface area contributed by atoms with Crippen LogP contribution in [0.3, 0.4) is 0 Å². The summed E-state index contributed by atoms with van der Waals surface area (Å²) in [5, 5.41) is 19.2. The zero-order valence-electron chi connectivity index (χ0n) is 9.46. The summed E-state index contributed by atoms with van der Waals surface area (Å²) in [6.45, 7) is 0.245. The molecule has 0 atom stereocenters. The third-order valence-electron chi connectivity index (χ3n) is 2.30. The van der Waals surface area contributed by atoms with E-state index in [9.17, 15) is 9.18 Å². The van der Waals surface area contributed by atoms with Crippen molar-refractivity contribution in [3.05, 3.63) is 35.8 Å². The maximum absolute atomic E-state index is 12.9. The minimum Gasteiger partial charge on any atom is -0.478 e. The van der Waals surface area contributed by atoms with E-state index in [1.165, 1.54) is 6.33 Å². The lowest BCUT2D eigenvalue weighted by molar-refractivity contribution is 0.0697. The number of carboxylic acid groups (broad SMARTS) is 1. The molecule has 2 aromatic rings. The van der Waals surface area contributed by atoms with Crippen LogP contribution in [-0.4, -0.2) is 30.8 Å². The molecule has 0 bridgehead atoms. The van der Waals surface area contributed by atoms with Gasteiger partial charge in [0.15, 0.2) is 5.82 Å². The number of rotatable bonds is 4. The summed E-state index contributed by atoms with van der Waals surface area (Å²) >= 11 is 0. The lowest BCUT2D eigenvalue weighted by Crippen LogP contribution is -2.11. The average molecular weight is 251 g/mol. The van der Waals surface area contributed by atoms with Gasteiger partial charge in [-0.25, -0.2) is 14.2 Å². The first-order chi connectivity index (χ1) is 8.58. The smallest absolute Gasteiger partial charge is 0.339 e. The number of halogens is 1. The van der Waals surface area contributed by atoms with Crippen LogP contribution in [0.1, 0.15) is 16.2 Å². The van der Waals surface area contributed by atoms with Crippen LogP contribution in [0.25, 0.3) is 0 Å². The second-order valence-electron chi connectivity index (χ2n) is 3.57. The second kappa shape index (κ2) is 4.78. The van der Waals surface area contributed by atoms with E-state index in [1.807, 2.05) is 0 Å². The summed E-state index contributed by atoms with van der Waals surface area (Å²) in [6.07, 6.45) is 2.47. The molecule has 0 aliphatic heterocycles. The molecule has 0 saturated heterocycles. The largest absolute Gasteiger partial charge is 0.478 e. The van der Waals surface area contributed by atoms with E-state index in [0.717, 1.165) is 12.3 Å². The van der Waals surface area contributed by atoms with Crippen LogP contribution < -0.4 is 5.32 Å². The quantitative estimate of drug-likeness (QED) is 0.829. The summed E-state index contributed by atoms with van der Waals surface area (Å²) in [5.74, 6) is -1.25. The average Bonchev–Trinajstić information content (AvgIpc) is 2.73. The monoisotopic (exact) mass is 251 g/mol. The molecule has 0 amide bonds. The van der Waals surface area contributed by atoms with E-state index in [4.69, 9.17) is 5.11 Å². The van der Waals surface area contributed by atoms with Crippen molar-refractivity contribution in [3.63, 3.8) is 0 Å². The molecule has 94 valence electrons. The van der Waals surface area contributed by atoms with Crippen molar-refractivity contribution in [1.82, 2.24) is 19.7 Å². The fourth-order valence-corrected chi connectivity index (χ4v) is 1.37. The van der Waals surface area contributed by atoms with E-state index in [-0.39, 0.29) is 17.9 Å². The Bertz CT molecular complexity index is 583. The van der Waals surface area contributed by atoms with E-state index in [0.29, 0.717) is 5.82 Å². The molecule has 8 heteroatoms. The van der Waals surface area contributed by atoms with Crippen molar-refractivity contribution in [2.24, 2.45) is 7.05 Å². The molecule has 18 heavy (non-hydrogen) atoms. The van der Waals surface area contributed by atoms with Crippen molar-refractivity contribution >= 4 is 11.8 Å². The Morgan fingerprint density at radius 1 is 1.61 bits per heavy atom. The maximum atomic E-state index is 12.9. The molecule has 0 spiro atoms. The number of carboxylic acids is 1. The van der Waals surface area contributed by atoms with Crippen LogP contribution in [0.4, 0.5) is 10.2 Å². The van der Waals surface area contributed by atoms with Gasteiger partial charge in [-0.3, -0.25) is 0 Å². The normalized spacial score (nSPS) is 10.3. The van der Waals surface area contributed by atoms with Crippen molar-refractivity contribution in [1.29, 1.82) is 0 Å². The standard InChI is InChI=1S/C10H10FN5O2/c1-16-5-14-15-8(16)4-13-9-7(10(17)18)2-6(11)3-12-9/h2-3,5H,4H2,1H3,(H,12,13)(H,17,18). The van der Waals surface area contributed by atoms with Crippen LogP contribution >= 0.6 is 0 Å². The highest BCUT2D eigenvalue weighted by Gasteiger charge is 2.13. The lowest BCUT2D eigenvalue weighted by atomic mass is 10.2. The highest BCUT2D eigenvalue weighted by Crippen LogP contribution is 2.14. The highest BCUT2D eigenvalue weighted by atomic mass is 19.1. The summed E-state index contributed by atoms with van der Waals surface area (Å²) in [6, 6.07) is 0.911. The van der Waals surface area contributed by atoms with Gasteiger partial charge in [0.1, 0.15) is 23.5 Å². The van der Waals surface area contributed by atoms with Crippen molar-refractivity contribution in [2.75, 3.05) is 5.32 Å². The Labute approximate surface area is 101 Å². The first-order valence-corrected chi connectivity index (χ1v) is 5.03. The van der Waals surface area contributed by atoms with E-state index >= 15 is 0 Å². The first kappa shape index (κ1) is 12.0. The van der Waals surface area contributed by atoms with Crippen molar-refractivity contribution in [2.45, 2.75) is 6.54 Å². The number of anilines is 1. The van der Waals surface area contributed by atoms with Gasteiger partial charge in [-0.1, -0.05) is 0 Å². The molecular formula is C10H10FN5O2. The Kier molecular flexibility index (Phi) is 3.18. The van der Waals surface area contributed by atoms with E-state index in [1.54, 1.807) is 11.6 Å². The number of nitrogens with zero attached hydrogens (tertiary/aromatic N) is 4. The molecule has 0 aliphatic carbocycles. The number of hydrogen-bond donors (Lipinski definition) is 2. The third-order valence-corrected chi connectivity index (χ3v) is 2.30. The summed E-state index contributed by atoms with van der Waals surface area (Å²) in [7, 11) is 1.76. The van der Waals surface area contributed by atoms with Gasteiger partial charge in [-0.15, -0.1) is 10.2 Å². The number of nitrogens with one attached hydrogen (secondary N) is 1. The lowest BCUT2D eigenvalue weighted by Gasteiger charge is -2.07. The molecule has 2 aromatic heterocycles. The zero-order valence-corrected chi connectivity index (χ0v) is 9.46. The van der Waals surface area contributed by atoms with E-state index in [2.05, 4.69) is 20.5 Å². The second-order valence-corrected chi connectivity index (χ2v) is 3.57. The minimum absolute atomic E-state index is 0.0897. The summed E-state index contributed by atoms with van der Waals surface area (Å²) < 4.78 is 14.6. The molecule has 0 unspecified atom stereocenters. The molecule has 2 N–H and O–H groups in total. The number of aromatic carboxylic acids is 1. The predicted octanol–water partition coefficient (Wildman–Crippen LogP) is 0.659. The molecule has 2 rings (SSSR count). The fourth-order valence-electron chi connectivity index (χ4n) is 1.37. The van der Waals surface area contributed by atoms with Gasteiger partial charge in [0.25, 0.3) is 0 Å². The van der Waals surface area contributed by atoms with E-state index < -0.39 is 11.8 Å². The molecule has 0 aliphatic rings. The van der Waals surface area contributed by atoms with Gasteiger partial charge >= 0.3 is 5.97 Å². The number of aromatic nitrogens is 4. The van der Waals surface area contributed by atoms with Crippen LogP contribution in [0.5, 0.6) is 0 Å². The summed E-state index contributed by atoms with van der Waals surface area (Å²) in [4.78, 5) is 14.6. The van der Waals surface area contributed by atoms with Crippen LogP contribution in [-0.2, 0) is 13.6 Å². The van der Waals surface area contributed by atoms with Gasteiger partial charge in [0.2, 0.25) is 0 Å². The van der Waals surface area contributed by atoms with Crippen molar-refractivity contribution < 1.29 is 14.3 Å². The number of carbonyl (C=O) groups is 1. The number of hydrogen-bond acceptors (Lipinski definition) is 5. The molecule has 0 saturated carbocycles. The van der Waals surface area contributed by atoms with Gasteiger partial charge in [0.05, 0.1) is 12.7 Å². The Morgan fingerprint density at radius 3 is 3.00 bits per heavy atom.